The molecule has 0 aliphatic heterocycles. The van der Waals surface area contributed by atoms with Gasteiger partial charge in [0, 0.05) is 0 Å². The second-order valence-electron chi connectivity index (χ2n) is 6.04. The van der Waals surface area contributed by atoms with Crippen molar-refractivity contribution in [3.63, 3.8) is 0 Å². The summed E-state index contributed by atoms with van der Waals surface area (Å²) in [4.78, 5) is 0. The maximum absolute atomic E-state index is 2.39. The molecule has 90 valence electrons. The molecule has 2 atom stereocenters. The third-order valence-electron chi connectivity index (χ3n) is 4.73. The highest BCUT2D eigenvalue weighted by molar-refractivity contribution is 5.68. The molecule has 2 aromatic carbocycles. The summed E-state index contributed by atoms with van der Waals surface area (Å²) in [6.07, 6.45) is 2.51. The van der Waals surface area contributed by atoms with Gasteiger partial charge in [0.15, 0.2) is 0 Å². The van der Waals surface area contributed by atoms with E-state index in [0.29, 0.717) is 0 Å². The second kappa shape index (κ2) is 3.47. The lowest BCUT2D eigenvalue weighted by atomic mass is 9.76. The Labute approximate surface area is 109 Å². The van der Waals surface area contributed by atoms with Crippen LogP contribution in [-0.2, 0) is 12.8 Å². The van der Waals surface area contributed by atoms with Gasteiger partial charge in [-0.15, -0.1) is 0 Å². The summed E-state index contributed by atoms with van der Waals surface area (Å²) in [5.74, 6) is 1.54. The molecule has 0 aromatic heterocycles. The lowest BCUT2D eigenvalue weighted by Crippen LogP contribution is -2.14. The maximum atomic E-state index is 2.39. The van der Waals surface area contributed by atoms with E-state index in [4.69, 9.17) is 0 Å². The Morgan fingerprint density at radius 2 is 1.17 bits per heavy atom. The van der Waals surface area contributed by atoms with Crippen LogP contribution in [0.1, 0.15) is 47.9 Å². The second-order valence-corrected chi connectivity index (χ2v) is 6.04. The Morgan fingerprint density at radius 1 is 0.722 bits per heavy atom. The third-order valence-corrected chi connectivity index (χ3v) is 4.73. The summed E-state index contributed by atoms with van der Waals surface area (Å²) in [7, 11) is 0. The molecular weight excluding hydrogens is 216 g/mol. The van der Waals surface area contributed by atoms with Gasteiger partial charge in [-0.2, -0.15) is 0 Å². The van der Waals surface area contributed by atoms with Crippen molar-refractivity contribution in [2.75, 3.05) is 0 Å². The zero-order valence-corrected chi connectivity index (χ0v) is 11.0. The standard InChI is InChI=1S/C18H18/c1-11-7-15-9-13(3-5-17(11)15)14-4-6-18-12(2)8-16(18)10-14/h3-6,9-12H,7-8H2,1-2H3. The summed E-state index contributed by atoms with van der Waals surface area (Å²) < 4.78 is 0. The maximum Gasteiger partial charge on any atom is -0.0147 e. The van der Waals surface area contributed by atoms with Gasteiger partial charge in [-0.25, -0.2) is 0 Å². The Kier molecular flexibility index (Phi) is 2.00. The van der Waals surface area contributed by atoms with E-state index in [9.17, 15) is 0 Å². The van der Waals surface area contributed by atoms with Crippen LogP contribution in [-0.4, -0.2) is 0 Å². The van der Waals surface area contributed by atoms with Gasteiger partial charge in [-0.05, 0) is 58.1 Å². The summed E-state index contributed by atoms with van der Waals surface area (Å²) in [6, 6.07) is 14.0. The molecule has 0 saturated heterocycles. The first kappa shape index (κ1) is 10.4. The van der Waals surface area contributed by atoms with Gasteiger partial charge >= 0.3 is 0 Å². The highest BCUT2D eigenvalue weighted by Gasteiger charge is 2.24. The van der Waals surface area contributed by atoms with Gasteiger partial charge in [0.25, 0.3) is 0 Å². The number of hydrogen-bond donors (Lipinski definition) is 0. The zero-order valence-electron chi connectivity index (χ0n) is 11.0. The van der Waals surface area contributed by atoms with Gasteiger partial charge < -0.3 is 0 Å². The SMILES string of the molecule is CC1Cc2cc(-c3ccc4c(c3)CC4C)ccc21. The van der Waals surface area contributed by atoms with Crippen molar-refractivity contribution < 1.29 is 0 Å². The molecular formula is C18H18. The smallest absolute Gasteiger partial charge is 0.0147 e. The van der Waals surface area contributed by atoms with Crippen molar-refractivity contribution >= 4 is 0 Å². The van der Waals surface area contributed by atoms with Crippen molar-refractivity contribution in [1.29, 1.82) is 0 Å². The van der Waals surface area contributed by atoms with Crippen LogP contribution in [0.2, 0.25) is 0 Å². The van der Waals surface area contributed by atoms with Crippen LogP contribution in [0.4, 0.5) is 0 Å². The van der Waals surface area contributed by atoms with Crippen molar-refractivity contribution in [3.05, 3.63) is 58.7 Å². The Hall–Kier alpha value is -1.56. The first-order valence-corrected chi connectivity index (χ1v) is 6.98. The van der Waals surface area contributed by atoms with Crippen LogP contribution in [0.25, 0.3) is 11.1 Å². The zero-order chi connectivity index (χ0) is 12.3. The molecule has 0 spiro atoms. The summed E-state index contributed by atoms with van der Waals surface area (Å²) in [5, 5.41) is 0. The average Bonchev–Trinajstić information content (AvgIpc) is 2.35. The van der Waals surface area contributed by atoms with Gasteiger partial charge in [-0.3, -0.25) is 0 Å². The fourth-order valence-electron chi connectivity index (χ4n) is 3.50. The molecule has 2 aliphatic carbocycles. The Bertz CT molecular complexity index is 579. The van der Waals surface area contributed by atoms with Crippen molar-refractivity contribution in [2.24, 2.45) is 0 Å². The fraction of sp³-hybridized carbons (Fsp3) is 0.333. The van der Waals surface area contributed by atoms with Gasteiger partial charge in [-0.1, -0.05) is 50.2 Å². The molecule has 0 heterocycles. The predicted octanol–water partition coefficient (Wildman–Crippen LogP) is 4.67. The van der Waals surface area contributed by atoms with Crippen LogP contribution < -0.4 is 0 Å². The number of benzene rings is 2. The van der Waals surface area contributed by atoms with E-state index in [2.05, 4.69) is 50.2 Å². The minimum atomic E-state index is 0.770. The molecule has 0 bridgehead atoms. The van der Waals surface area contributed by atoms with Crippen LogP contribution in [0.15, 0.2) is 36.4 Å². The first-order chi connectivity index (χ1) is 8.72. The van der Waals surface area contributed by atoms with Crippen LogP contribution in [0.5, 0.6) is 0 Å². The van der Waals surface area contributed by atoms with E-state index >= 15 is 0 Å². The van der Waals surface area contributed by atoms with Crippen molar-refractivity contribution in [2.45, 2.75) is 38.5 Å². The minimum absolute atomic E-state index is 0.770. The first-order valence-electron chi connectivity index (χ1n) is 6.98. The normalized spacial score (nSPS) is 23.7. The van der Waals surface area contributed by atoms with E-state index in [-0.39, 0.29) is 0 Å². The van der Waals surface area contributed by atoms with E-state index in [1.165, 1.54) is 24.0 Å². The molecule has 0 heteroatoms. The Morgan fingerprint density at radius 3 is 1.50 bits per heavy atom. The summed E-state index contributed by atoms with van der Waals surface area (Å²) >= 11 is 0. The molecule has 2 unspecified atom stereocenters. The average molecular weight is 234 g/mol. The van der Waals surface area contributed by atoms with Crippen molar-refractivity contribution in [1.82, 2.24) is 0 Å². The lowest BCUT2D eigenvalue weighted by molar-refractivity contribution is 0.666. The monoisotopic (exact) mass is 234 g/mol. The largest absolute Gasteiger partial charge is 0.0581 e. The number of rotatable bonds is 1. The summed E-state index contributed by atoms with van der Waals surface area (Å²) in [6.45, 7) is 4.63. The molecule has 0 radical (unpaired) electrons. The van der Waals surface area contributed by atoms with E-state index in [0.717, 1.165) is 11.8 Å². The molecule has 2 aliphatic rings. The van der Waals surface area contributed by atoms with Crippen LogP contribution >= 0.6 is 0 Å². The molecule has 0 fully saturated rings. The van der Waals surface area contributed by atoms with Gasteiger partial charge in [0.2, 0.25) is 0 Å². The Balaban J connectivity index is 1.75. The van der Waals surface area contributed by atoms with Gasteiger partial charge in [0.1, 0.15) is 0 Å². The molecule has 2 aromatic rings. The quantitative estimate of drug-likeness (QED) is 0.672. The number of fused-ring (bicyclic) bond motifs is 2. The van der Waals surface area contributed by atoms with E-state index in [1.807, 2.05) is 0 Å². The number of hydrogen-bond acceptors (Lipinski definition) is 0. The molecule has 0 amide bonds. The van der Waals surface area contributed by atoms with Crippen LogP contribution in [0, 0.1) is 0 Å². The molecule has 18 heavy (non-hydrogen) atoms. The molecule has 0 nitrogen and oxygen atoms in total. The topological polar surface area (TPSA) is 0 Å². The van der Waals surface area contributed by atoms with E-state index < -0.39 is 0 Å². The molecule has 4 rings (SSSR count). The molecule has 0 N–H and O–H groups in total. The third kappa shape index (κ3) is 1.32. The van der Waals surface area contributed by atoms with Crippen LogP contribution in [0.3, 0.4) is 0 Å². The summed E-state index contributed by atoms with van der Waals surface area (Å²) in [5.41, 5.74) is 8.99. The molecule has 0 saturated carbocycles. The fourth-order valence-corrected chi connectivity index (χ4v) is 3.50. The van der Waals surface area contributed by atoms with Crippen molar-refractivity contribution in [3.8, 4) is 11.1 Å². The minimum Gasteiger partial charge on any atom is -0.0581 e. The lowest BCUT2D eigenvalue weighted by Gasteiger charge is -2.29. The van der Waals surface area contributed by atoms with Gasteiger partial charge in [0.05, 0.1) is 0 Å². The highest BCUT2D eigenvalue weighted by atomic mass is 14.3. The highest BCUT2D eigenvalue weighted by Crippen LogP contribution is 2.40. The predicted molar refractivity (Wildman–Crippen MR) is 76.1 cm³/mol. The van der Waals surface area contributed by atoms with E-state index in [1.54, 1.807) is 22.3 Å².